The van der Waals surface area contributed by atoms with E-state index in [9.17, 15) is 18.0 Å². The second-order valence-electron chi connectivity index (χ2n) is 4.43. The van der Waals surface area contributed by atoms with Crippen molar-refractivity contribution in [1.82, 2.24) is 0 Å². The summed E-state index contributed by atoms with van der Waals surface area (Å²) in [6.45, 7) is 3.29. The van der Waals surface area contributed by atoms with Crippen molar-refractivity contribution < 1.29 is 27.4 Å². The van der Waals surface area contributed by atoms with Crippen molar-refractivity contribution in [2.45, 2.75) is 26.3 Å². The maximum Gasteiger partial charge on any atom is 0.573 e. The van der Waals surface area contributed by atoms with Gasteiger partial charge < -0.3 is 14.8 Å². The Labute approximate surface area is 128 Å². The molecule has 0 radical (unpaired) electrons. The molecule has 0 amide bonds. The van der Waals surface area contributed by atoms with Crippen molar-refractivity contribution in [2.75, 3.05) is 12.4 Å². The number of nitrogens with one attached hydrogen (secondary N) is 1. The van der Waals surface area contributed by atoms with Crippen LogP contribution < -0.4 is 10.1 Å². The Bertz CT molecular complexity index is 508. The van der Waals surface area contributed by atoms with Crippen LogP contribution in [0.3, 0.4) is 0 Å². The summed E-state index contributed by atoms with van der Waals surface area (Å²) in [4.78, 5) is 11.4. The average Bonchev–Trinajstić information content (AvgIpc) is 2.38. The lowest BCUT2D eigenvalue weighted by molar-refractivity contribution is -0.274. The highest BCUT2D eigenvalue weighted by Crippen LogP contribution is 2.33. The quantitative estimate of drug-likeness (QED) is 0.798. The van der Waals surface area contributed by atoms with Gasteiger partial charge in [0.05, 0.1) is 18.7 Å². The fraction of sp³-hybridized carbons (Fsp3) is 0.462. The Morgan fingerprint density at radius 2 is 1.95 bits per heavy atom. The molecular weight excluding hydrogens is 355 g/mol. The molecule has 1 aromatic rings. The SMILES string of the molecule is COC(=O)C(C)C(C)Nc1ccc(Br)cc1OC(F)(F)F. The molecule has 4 nitrogen and oxygen atoms in total. The number of ether oxygens (including phenoxy) is 2. The van der Waals surface area contributed by atoms with Crippen molar-refractivity contribution in [2.24, 2.45) is 5.92 Å². The Balaban J connectivity index is 2.94. The molecule has 0 saturated carbocycles. The predicted octanol–water partition coefficient (Wildman–Crippen LogP) is 3.96. The first-order valence-electron chi connectivity index (χ1n) is 6.03. The summed E-state index contributed by atoms with van der Waals surface area (Å²) in [5, 5.41) is 2.83. The number of anilines is 1. The van der Waals surface area contributed by atoms with E-state index < -0.39 is 24.3 Å². The molecule has 0 bridgehead atoms. The summed E-state index contributed by atoms with van der Waals surface area (Å²) >= 11 is 3.08. The molecule has 0 saturated heterocycles. The molecule has 0 fully saturated rings. The monoisotopic (exact) mass is 369 g/mol. The van der Waals surface area contributed by atoms with Crippen molar-refractivity contribution in [1.29, 1.82) is 0 Å². The summed E-state index contributed by atoms with van der Waals surface area (Å²) in [5.41, 5.74) is 0.138. The first-order chi connectivity index (χ1) is 9.64. The van der Waals surface area contributed by atoms with Gasteiger partial charge in [-0.15, -0.1) is 13.2 Å². The van der Waals surface area contributed by atoms with E-state index >= 15 is 0 Å². The minimum atomic E-state index is -4.80. The van der Waals surface area contributed by atoms with Crippen LogP contribution in [0.5, 0.6) is 5.75 Å². The van der Waals surface area contributed by atoms with E-state index in [1.165, 1.54) is 19.2 Å². The predicted molar refractivity (Wildman–Crippen MR) is 75.1 cm³/mol. The third kappa shape index (κ3) is 5.45. The standard InChI is InChI=1S/C13H15BrF3NO3/c1-7(12(19)20-3)8(2)18-10-5-4-9(14)6-11(10)21-13(15,16)17/h4-8,18H,1-3H3. The molecule has 0 aromatic heterocycles. The van der Waals surface area contributed by atoms with Gasteiger partial charge in [0.15, 0.2) is 5.75 Å². The van der Waals surface area contributed by atoms with Crippen molar-refractivity contribution in [3.05, 3.63) is 22.7 Å². The first-order valence-corrected chi connectivity index (χ1v) is 6.83. The molecule has 8 heteroatoms. The maximum absolute atomic E-state index is 12.4. The van der Waals surface area contributed by atoms with Gasteiger partial charge in [-0.25, -0.2) is 0 Å². The van der Waals surface area contributed by atoms with E-state index in [4.69, 9.17) is 0 Å². The minimum Gasteiger partial charge on any atom is -0.469 e. The van der Waals surface area contributed by atoms with E-state index in [0.717, 1.165) is 0 Å². The van der Waals surface area contributed by atoms with Crippen molar-refractivity contribution in [3.8, 4) is 5.75 Å². The van der Waals surface area contributed by atoms with Gasteiger partial charge in [-0.3, -0.25) is 4.79 Å². The molecule has 0 aliphatic rings. The van der Waals surface area contributed by atoms with E-state index in [1.807, 2.05) is 0 Å². The highest BCUT2D eigenvalue weighted by molar-refractivity contribution is 9.10. The average molecular weight is 370 g/mol. The third-order valence-electron chi connectivity index (χ3n) is 2.88. The van der Waals surface area contributed by atoms with Gasteiger partial charge in [0.2, 0.25) is 0 Å². The fourth-order valence-corrected chi connectivity index (χ4v) is 1.92. The zero-order valence-electron chi connectivity index (χ0n) is 11.6. The second-order valence-corrected chi connectivity index (χ2v) is 5.35. The highest BCUT2D eigenvalue weighted by atomic mass is 79.9. The summed E-state index contributed by atoms with van der Waals surface area (Å²) in [7, 11) is 1.25. The van der Waals surface area contributed by atoms with E-state index in [2.05, 4.69) is 30.7 Å². The highest BCUT2D eigenvalue weighted by Gasteiger charge is 2.32. The van der Waals surface area contributed by atoms with Gasteiger partial charge >= 0.3 is 12.3 Å². The van der Waals surface area contributed by atoms with E-state index in [1.54, 1.807) is 19.9 Å². The second kappa shape index (κ2) is 7.02. The Kier molecular flexibility index (Phi) is 5.88. The number of rotatable bonds is 5. The van der Waals surface area contributed by atoms with Gasteiger partial charge in [0, 0.05) is 10.5 Å². The lowest BCUT2D eigenvalue weighted by Crippen LogP contribution is -2.31. The van der Waals surface area contributed by atoms with Gasteiger partial charge in [-0.1, -0.05) is 15.9 Å². The van der Waals surface area contributed by atoms with Crippen LogP contribution in [-0.4, -0.2) is 25.5 Å². The van der Waals surface area contributed by atoms with E-state index in [-0.39, 0.29) is 11.4 Å². The van der Waals surface area contributed by atoms with Gasteiger partial charge in [0.1, 0.15) is 0 Å². The van der Waals surface area contributed by atoms with Crippen molar-refractivity contribution >= 4 is 27.6 Å². The third-order valence-corrected chi connectivity index (χ3v) is 3.37. The molecule has 1 aromatic carbocycles. The molecule has 0 heterocycles. The number of carbonyl (C=O) groups is 1. The number of halogens is 4. The summed E-state index contributed by atoms with van der Waals surface area (Å²) in [6, 6.07) is 3.77. The largest absolute Gasteiger partial charge is 0.573 e. The van der Waals surface area contributed by atoms with Crippen LogP contribution in [-0.2, 0) is 9.53 Å². The number of benzene rings is 1. The molecule has 21 heavy (non-hydrogen) atoms. The minimum absolute atomic E-state index is 0.138. The molecule has 0 aliphatic carbocycles. The van der Waals surface area contributed by atoms with Crippen LogP contribution in [0.25, 0.3) is 0 Å². The Morgan fingerprint density at radius 3 is 2.48 bits per heavy atom. The van der Waals surface area contributed by atoms with Crippen LogP contribution in [0.15, 0.2) is 22.7 Å². The summed E-state index contributed by atoms with van der Waals surface area (Å²) in [6.07, 6.45) is -4.80. The normalized spacial score (nSPS) is 14.2. The number of hydrogen-bond donors (Lipinski definition) is 1. The Morgan fingerprint density at radius 1 is 1.33 bits per heavy atom. The topological polar surface area (TPSA) is 47.6 Å². The van der Waals surface area contributed by atoms with Gasteiger partial charge in [-0.2, -0.15) is 0 Å². The molecular formula is C13H15BrF3NO3. The number of carbonyl (C=O) groups excluding carboxylic acids is 1. The van der Waals surface area contributed by atoms with Gasteiger partial charge in [0.25, 0.3) is 0 Å². The number of hydrogen-bond acceptors (Lipinski definition) is 4. The van der Waals surface area contributed by atoms with Crippen LogP contribution >= 0.6 is 15.9 Å². The van der Waals surface area contributed by atoms with Gasteiger partial charge in [-0.05, 0) is 32.0 Å². The van der Waals surface area contributed by atoms with E-state index in [0.29, 0.717) is 4.47 Å². The lowest BCUT2D eigenvalue weighted by Gasteiger charge is -2.22. The molecule has 1 N–H and O–H groups in total. The fourth-order valence-electron chi connectivity index (χ4n) is 1.58. The first kappa shape index (κ1) is 17.6. The van der Waals surface area contributed by atoms with Crippen LogP contribution in [0.4, 0.5) is 18.9 Å². The lowest BCUT2D eigenvalue weighted by atomic mass is 10.0. The summed E-state index contributed by atoms with van der Waals surface area (Å²) < 4.78 is 46.2. The maximum atomic E-state index is 12.4. The molecule has 118 valence electrons. The van der Waals surface area contributed by atoms with Crippen LogP contribution in [0.2, 0.25) is 0 Å². The molecule has 2 unspecified atom stereocenters. The smallest absolute Gasteiger partial charge is 0.469 e. The zero-order chi connectivity index (χ0) is 16.2. The molecule has 2 atom stereocenters. The van der Waals surface area contributed by atoms with Crippen LogP contribution in [0, 0.1) is 5.92 Å². The number of alkyl halides is 3. The molecule has 0 spiro atoms. The van der Waals surface area contributed by atoms with Crippen molar-refractivity contribution in [3.63, 3.8) is 0 Å². The zero-order valence-corrected chi connectivity index (χ0v) is 13.2. The summed E-state index contributed by atoms with van der Waals surface area (Å²) in [5.74, 6) is -1.36. The number of esters is 1. The molecule has 0 aliphatic heterocycles. The van der Waals surface area contributed by atoms with Crippen LogP contribution in [0.1, 0.15) is 13.8 Å². The Hall–Kier alpha value is -1.44. The molecule has 1 rings (SSSR count). The number of methoxy groups -OCH3 is 1.